The first kappa shape index (κ1) is 9.66. The molecule has 1 aliphatic carbocycles. The van der Waals surface area contributed by atoms with Gasteiger partial charge in [0.15, 0.2) is 0 Å². The summed E-state index contributed by atoms with van der Waals surface area (Å²) in [6.07, 6.45) is 7.06. The maximum atomic E-state index is 5.67. The Morgan fingerprint density at radius 3 is 2.64 bits per heavy atom. The largest absolute Gasteiger partial charge is 0.330 e. The lowest BCUT2D eigenvalue weighted by atomic mass is 9.63. The first-order valence-electron chi connectivity index (χ1n) is 5.40. The SMILES string of the molecule is Cc1ccc(C2(CCN)CCC2)cn1. The van der Waals surface area contributed by atoms with Crippen molar-refractivity contribution in [2.45, 2.75) is 38.0 Å². The lowest BCUT2D eigenvalue weighted by Gasteiger charge is -2.42. The molecule has 2 rings (SSSR count). The van der Waals surface area contributed by atoms with Crippen LogP contribution in [0.2, 0.25) is 0 Å². The van der Waals surface area contributed by atoms with Crippen LogP contribution in [-0.2, 0) is 5.41 Å². The summed E-state index contributed by atoms with van der Waals surface area (Å²) in [5, 5.41) is 0. The second-order valence-corrected chi connectivity index (χ2v) is 4.36. The van der Waals surface area contributed by atoms with Gasteiger partial charge in [-0.15, -0.1) is 0 Å². The van der Waals surface area contributed by atoms with Gasteiger partial charge in [0.05, 0.1) is 0 Å². The van der Waals surface area contributed by atoms with Crippen LogP contribution in [0.1, 0.15) is 36.9 Å². The van der Waals surface area contributed by atoms with Crippen LogP contribution in [0.4, 0.5) is 0 Å². The Balaban J connectivity index is 2.23. The Morgan fingerprint density at radius 1 is 1.43 bits per heavy atom. The number of nitrogens with zero attached hydrogens (tertiary/aromatic N) is 1. The summed E-state index contributed by atoms with van der Waals surface area (Å²) in [7, 11) is 0. The summed E-state index contributed by atoms with van der Waals surface area (Å²) in [5.41, 5.74) is 8.52. The van der Waals surface area contributed by atoms with E-state index < -0.39 is 0 Å². The van der Waals surface area contributed by atoms with Crippen LogP contribution in [0.3, 0.4) is 0 Å². The highest BCUT2D eigenvalue weighted by molar-refractivity contribution is 5.26. The Hall–Kier alpha value is -0.890. The lowest BCUT2D eigenvalue weighted by Crippen LogP contribution is -2.36. The molecule has 0 bridgehead atoms. The molecule has 0 aliphatic heterocycles. The molecule has 2 N–H and O–H groups in total. The van der Waals surface area contributed by atoms with Crippen molar-refractivity contribution in [3.8, 4) is 0 Å². The average Bonchev–Trinajstić information content (AvgIpc) is 2.13. The van der Waals surface area contributed by atoms with Gasteiger partial charge in [0, 0.05) is 11.9 Å². The highest BCUT2D eigenvalue weighted by atomic mass is 14.7. The first-order chi connectivity index (χ1) is 6.77. The summed E-state index contributed by atoms with van der Waals surface area (Å²) >= 11 is 0. The maximum Gasteiger partial charge on any atom is 0.0372 e. The van der Waals surface area contributed by atoms with Crippen molar-refractivity contribution in [1.82, 2.24) is 4.98 Å². The quantitative estimate of drug-likeness (QED) is 0.793. The zero-order valence-corrected chi connectivity index (χ0v) is 8.79. The smallest absolute Gasteiger partial charge is 0.0372 e. The number of hydrogen-bond donors (Lipinski definition) is 1. The van der Waals surface area contributed by atoms with Crippen LogP contribution >= 0.6 is 0 Å². The molecule has 0 atom stereocenters. The number of nitrogens with two attached hydrogens (primary N) is 1. The highest BCUT2D eigenvalue weighted by Crippen LogP contribution is 2.45. The van der Waals surface area contributed by atoms with Crippen LogP contribution in [0.15, 0.2) is 18.3 Å². The third-order valence-electron chi connectivity index (χ3n) is 3.46. The predicted octanol–water partition coefficient (Wildman–Crippen LogP) is 2.16. The number of aryl methyl sites for hydroxylation is 1. The molecule has 1 aliphatic rings. The minimum Gasteiger partial charge on any atom is -0.330 e. The molecule has 2 heteroatoms. The monoisotopic (exact) mass is 190 g/mol. The summed E-state index contributed by atoms with van der Waals surface area (Å²) in [4.78, 5) is 4.37. The second kappa shape index (κ2) is 3.70. The minimum atomic E-state index is 0.370. The van der Waals surface area contributed by atoms with Gasteiger partial charge in [0.25, 0.3) is 0 Å². The second-order valence-electron chi connectivity index (χ2n) is 4.36. The molecule has 1 fully saturated rings. The molecule has 14 heavy (non-hydrogen) atoms. The highest BCUT2D eigenvalue weighted by Gasteiger charge is 2.37. The van der Waals surface area contributed by atoms with Gasteiger partial charge in [-0.05, 0) is 49.8 Å². The van der Waals surface area contributed by atoms with Gasteiger partial charge in [0.2, 0.25) is 0 Å². The lowest BCUT2D eigenvalue weighted by molar-refractivity contribution is 0.229. The minimum absolute atomic E-state index is 0.370. The van der Waals surface area contributed by atoms with Crippen molar-refractivity contribution in [2.75, 3.05) is 6.54 Å². The molecule has 1 saturated carbocycles. The van der Waals surface area contributed by atoms with Gasteiger partial charge in [0.1, 0.15) is 0 Å². The molecule has 76 valence electrons. The van der Waals surface area contributed by atoms with Gasteiger partial charge in [-0.2, -0.15) is 0 Å². The molecule has 0 spiro atoms. The zero-order chi connectivity index (χ0) is 10.0. The fourth-order valence-electron chi connectivity index (χ4n) is 2.34. The predicted molar refractivity (Wildman–Crippen MR) is 58.2 cm³/mol. The van der Waals surface area contributed by atoms with E-state index in [1.54, 1.807) is 0 Å². The Kier molecular flexibility index (Phi) is 2.55. The Labute approximate surface area is 85.5 Å². The van der Waals surface area contributed by atoms with Crippen molar-refractivity contribution < 1.29 is 0 Å². The van der Waals surface area contributed by atoms with Gasteiger partial charge >= 0.3 is 0 Å². The average molecular weight is 190 g/mol. The van der Waals surface area contributed by atoms with E-state index in [1.165, 1.54) is 24.8 Å². The number of rotatable bonds is 3. The van der Waals surface area contributed by atoms with Crippen LogP contribution < -0.4 is 5.73 Å². The third kappa shape index (κ3) is 1.55. The Morgan fingerprint density at radius 2 is 2.21 bits per heavy atom. The van der Waals surface area contributed by atoms with Crippen molar-refractivity contribution in [3.63, 3.8) is 0 Å². The van der Waals surface area contributed by atoms with Gasteiger partial charge in [-0.1, -0.05) is 12.5 Å². The fraction of sp³-hybridized carbons (Fsp3) is 0.583. The van der Waals surface area contributed by atoms with Gasteiger partial charge in [-0.3, -0.25) is 4.98 Å². The summed E-state index contributed by atoms with van der Waals surface area (Å²) < 4.78 is 0. The van der Waals surface area contributed by atoms with E-state index in [1.807, 2.05) is 13.1 Å². The molecule has 1 aromatic rings. The van der Waals surface area contributed by atoms with E-state index in [-0.39, 0.29) is 0 Å². The molecule has 2 nitrogen and oxygen atoms in total. The molecule has 0 aromatic carbocycles. The van der Waals surface area contributed by atoms with Crippen molar-refractivity contribution in [1.29, 1.82) is 0 Å². The zero-order valence-electron chi connectivity index (χ0n) is 8.79. The van der Waals surface area contributed by atoms with Gasteiger partial charge in [-0.25, -0.2) is 0 Å². The number of pyridine rings is 1. The van der Waals surface area contributed by atoms with E-state index in [0.717, 1.165) is 18.7 Å². The van der Waals surface area contributed by atoms with Crippen LogP contribution in [-0.4, -0.2) is 11.5 Å². The van der Waals surface area contributed by atoms with E-state index in [0.29, 0.717) is 5.41 Å². The van der Waals surface area contributed by atoms with Crippen molar-refractivity contribution in [3.05, 3.63) is 29.6 Å². The van der Waals surface area contributed by atoms with Crippen molar-refractivity contribution in [2.24, 2.45) is 5.73 Å². The normalized spacial score (nSPS) is 19.0. The molecule has 0 amide bonds. The molecule has 0 saturated heterocycles. The molecular formula is C12H18N2. The number of hydrogen-bond acceptors (Lipinski definition) is 2. The van der Waals surface area contributed by atoms with E-state index >= 15 is 0 Å². The topological polar surface area (TPSA) is 38.9 Å². The fourth-order valence-corrected chi connectivity index (χ4v) is 2.34. The number of aromatic nitrogens is 1. The molecule has 0 radical (unpaired) electrons. The maximum absolute atomic E-state index is 5.67. The molecule has 0 unspecified atom stereocenters. The van der Waals surface area contributed by atoms with Crippen LogP contribution in [0.5, 0.6) is 0 Å². The molecule has 1 heterocycles. The third-order valence-corrected chi connectivity index (χ3v) is 3.46. The first-order valence-corrected chi connectivity index (χ1v) is 5.40. The van der Waals surface area contributed by atoms with E-state index in [2.05, 4.69) is 17.1 Å². The van der Waals surface area contributed by atoms with Crippen molar-refractivity contribution >= 4 is 0 Å². The van der Waals surface area contributed by atoms with E-state index in [4.69, 9.17) is 5.73 Å². The molecule has 1 aromatic heterocycles. The Bertz CT molecular complexity index is 299. The van der Waals surface area contributed by atoms with E-state index in [9.17, 15) is 0 Å². The standard InChI is InChI=1S/C12H18N2/c1-10-3-4-11(9-14-10)12(7-8-13)5-2-6-12/h3-4,9H,2,5-8,13H2,1H3. The van der Waals surface area contributed by atoms with Crippen LogP contribution in [0.25, 0.3) is 0 Å². The summed E-state index contributed by atoms with van der Waals surface area (Å²) in [6.45, 7) is 2.81. The van der Waals surface area contributed by atoms with Crippen LogP contribution in [0, 0.1) is 6.92 Å². The summed E-state index contributed by atoms with van der Waals surface area (Å²) in [5.74, 6) is 0. The van der Waals surface area contributed by atoms with Gasteiger partial charge < -0.3 is 5.73 Å². The summed E-state index contributed by atoms with van der Waals surface area (Å²) in [6, 6.07) is 4.32. The molecular weight excluding hydrogens is 172 g/mol.